The van der Waals surface area contributed by atoms with Gasteiger partial charge < -0.3 is 15.2 Å². The Bertz CT molecular complexity index is 484. The number of carbonyl (C=O) groups is 1. The molecule has 1 saturated carbocycles. The van der Waals surface area contributed by atoms with Crippen LogP contribution >= 0.6 is 11.6 Å². The molecule has 0 atom stereocenters. The van der Waals surface area contributed by atoms with E-state index in [1.54, 1.807) is 6.07 Å². The summed E-state index contributed by atoms with van der Waals surface area (Å²) in [6.45, 7) is 0.548. The van der Waals surface area contributed by atoms with Gasteiger partial charge in [-0.2, -0.15) is 0 Å². The lowest BCUT2D eigenvalue weighted by atomic mass is 9.88. The number of alkyl halides is 1. The Kier molecular flexibility index (Phi) is 4.76. The summed E-state index contributed by atoms with van der Waals surface area (Å²) in [4.78, 5) is 12.2. The van der Waals surface area contributed by atoms with Crippen LogP contribution < -0.4 is 10.1 Å². The van der Waals surface area contributed by atoms with Gasteiger partial charge in [0.1, 0.15) is 11.5 Å². The van der Waals surface area contributed by atoms with Crippen molar-refractivity contribution in [3.8, 4) is 11.5 Å². The molecule has 0 aromatic heterocycles. The minimum Gasteiger partial charge on any atom is -0.507 e. The van der Waals surface area contributed by atoms with Gasteiger partial charge in [-0.15, -0.1) is 11.6 Å². The molecule has 20 heavy (non-hydrogen) atoms. The van der Waals surface area contributed by atoms with Gasteiger partial charge in [0.2, 0.25) is 0 Å². The highest BCUT2D eigenvalue weighted by Gasteiger charge is 2.33. The first kappa shape index (κ1) is 15.0. The van der Waals surface area contributed by atoms with E-state index in [1.165, 1.54) is 19.2 Å². The fraction of sp³-hybridized carbons (Fsp3) is 0.533. The molecule has 0 unspecified atom stereocenters. The van der Waals surface area contributed by atoms with Crippen molar-refractivity contribution in [2.24, 2.45) is 5.41 Å². The van der Waals surface area contributed by atoms with E-state index in [9.17, 15) is 9.90 Å². The van der Waals surface area contributed by atoms with E-state index in [0.29, 0.717) is 18.2 Å². The van der Waals surface area contributed by atoms with Crippen molar-refractivity contribution < 1.29 is 14.6 Å². The van der Waals surface area contributed by atoms with Gasteiger partial charge in [-0.3, -0.25) is 4.79 Å². The van der Waals surface area contributed by atoms with Crippen LogP contribution in [-0.2, 0) is 0 Å². The zero-order chi connectivity index (χ0) is 14.6. The Balaban J connectivity index is 2.04. The highest BCUT2D eigenvalue weighted by Crippen LogP contribution is 2.38. The van der Waals surface area contributed by atoms with Gasteiger partial charge in [-0.25, -0.2) is 0 Å². The number of amides is 1. The number of phenols is 1. The minimum atomic E-state index is -0.294. The van der Waals surface area contributed by atoms with Gasteiger partial charge >= 0.3 is 0 Å². The molecule has 0 bridgehead atoms. The maximum absolute atomic E-state index is 12.2. The second-order valence-corrected chi connectivity index (χ2v) is 5.67. The first-order chi connectivity index (χ1) is 9.60. The van der Waals surface area contributed by atoms with Crippen LogP contribution in [0.15, 0.2) is 18.2 Å². The minimum absolute atomic E-state index is 0.00566. The zero-order valence-electron chi connectivity index (χ0n) is 11.6. The molecule has 0 heterocycles. The van der Waals surface area contributed by atoms with E-state index in [-0.39, 0.29) is 22.6 Å². The molecule has 0 saturated heterocycles. The number of phenolic OH excluding ortho intramolecular Hbond substituents is 1. The van der Waals surface area contributed by atoms with Crippen LogP contribution in [0, 0.1) is 5.41 Å². The Hall–Kier alpha value is -1.42. The van der Waals surface area contributed by atoms with Crippen LogP contribution in [0.4, 0.5) is 0 Å². The first-order valence-electron chi connectivity index (χ1n) is 6.81. The number of methoxy groups -OCH3 is 1. The molecule has 1 fully saturated rings. The summed E-state index contributed by atoms with van der Waals surface area (Å²) < 4.78 is 5.07. The van der Waals surface area contributed by atoms with E-state index < -0.39 is 0 Å². The monoisotopic (exact) mass is 297 g/mol. The van der Waals surface area contributed by atoms with Gasteiger partial charge in [-0.1, -0.05) is 12.8 Å². The number of ether oxygens (including phenoxy) is 1. The van der Waals surface area contributed by atoms with Gasteiger partial charge in [0.25, 0.3) is 5.91 Å². The summed E-state index contributed by atoms with van der Waals surface area (Å²) >= 11 is 6.05. The maximum atomic E-state index is 12.2. The third-order valence-electron chi connectivity index (χ3n) is 4.02. The van der Waals surface area contributed by atoms with Crippen molar-refractivity contribution in [2.75, 3.05) is 19.5 Å². The molecule has 0 aliphatic heterocycles. The van der Waals surface area contributed by atoms with E-state index in [2.05, 4.69) is 5.32 Å². The standard InChI is InChI=1S/C15H20ClNO3/c1-20-11-4-5-13(18)12(8-11)14(19)17-10-15(9-16)6-2-3-7-15/h4-5,8,18H,2-3,6-7,9-10H2,1H3,(H,17,19). The Labute approximate surface area is 124 Å². The smallest absolute Gasteiger partial charge is 0.255 e. The summed E-state index contributed by atoms with van der Waals surface area (Å²) in [5.74, 6) is 0.755. The molecule has 1 aromatic carbocycles. The molecule has 1 aliphatic rings. The van der Waals surface area contributed by atoms with Crippen LogP contribution in [0.2, 0.25) is 0 Å². The number of hydrogen-bond donors (Lipinski definition) is 2. The van der Waals surface area contributed by atoms with Crippen molar-refractivity contribution in [1.82, 2.24) is 5.32 Å². The molecule has 110 valence electrons. The molecule has 5 heteroatoms. The van der Waals surface area contributed by atoms with Crippen LogP contribution in [0.3, 0.4) is 0 Å². The lowest BCUT2D eigenvalue weighted by molar-refractivity contribution is 0.0932. The van der Waals surface area contributed by atoms with Crippen LogP contribution in [0.25, 0.3) is 0 Å². The average molecular weight is 298 g/mol. The van der Waals surface area contributed by atoms with Gasteiger partial charge in [0, 0.05) is 17.8 Å². The quantitative estimate of drug-likeness (QED) is 0.822. The highest BCUT2D eigenvalue weighted by molar-refractivity contribution is 6.18. The SMILES string of the molecule is COc1ccc(O)c(C(=O)NCC2(CCl)CCCC2)c1. The van der Waals surface area contributed by atoms with E-state index in [4.69, 9.17) is 16.3 Å². The number of nitrogens with one attached hydrogen (secondary N) is 1. The third kappa shape index (κ3) is 3.18. The number of carbonyl (C=O) groups excluding carboxylic acids is 1. The van der Waals surface area contributed by atoms with Gasteiger partial charge in [0.15, 0.2) is 0 Å². The summed E-state index contributed by atoms with van der Waals surface area (Å²) in [5, 5.41) is 12.7. The largest absolute Gasteiger partial charge is 0.507 e. The lowest BCUT2D eigenvalue weighted by Crippen LogP contribution is -2.37. The van der Waals surface area contributed by atoms with Gasteiger partial charge in [-0.05, 0) is 31.0 Å². The van der Waals surface area contributed by atoms with Crippen LogP contribution in [-0.4, -0.2) is 30.5 Å². The molecule has 0 spiro atoms. The molecule has 2 rings (SSSR count). The van der Waals surface area contributed by atoms with Crippen molar-refractivity contribution >= 4 is 17.5 Å². The van der Waals surface area contributed by atoms with E-state index in [1.807, 2.05) is 0 Å². The van der Waals surface area contributed by atoms with Crippen molar-refractivity contribution in [3.05, 3.63) is 23.8 Å². The van der Waals surface area contributed by atoms with Crippen molar-refractivity contribution in [1.29, 1.82) is 0 Å². The predicted octanol–water partition coefficient (Wildman–Crippen LogP) is 2.93. The number of hydrogen-bond acceptors (Lipinski definition) is 3. The summed E-state index contributed by atoms with van der Waals surface area (Å²) in [7, 11) is 1.52. The summed E-state index contributed by atoms with van der Waals surface area (Å²) in [6.07, 6.45) is 4.40. The fourth-order valence-corrected chi connectivity index (χ4v) is 3.03. The maximum Gasteiger partial charge on any atom is 0.255 e. The molecule has 1 aliphatic carbocycles. The number of halogens is 1. The Morgan fingerprint density at radius 3 is 2.75 bits per heavy atom. The molecule has 4 nitrogen and oxygen atoms in total. The number of rotatable bonds is 5. The molecule has 1 aromatic rings. The van der Waals surface area contributed by atoms with Gasteiger partial charge in [0.05, 0.1) is 12.7 Å². The molecule has 1 amide bonds. The normalized spacial score (nSPS) is 16.9. The highest BCUT2D eigenvalue weighted by atomic mass is 35.5. The molecule has 0 radical (unpaired) electrons. The topological polar surface area (TPSA) is 58.6 Å². The second kappa shape index (κ2) is 6.35. The van der Waals surface area contributed by atoms with Crippen LogP contribution in [0.5, 0.6) is 11.5 Å². The Morgan fingerprint density at radius 1 is 1.45 bits per heavy atom. The molecular formula is C15H20ClNO3. The first-order valence-corrected chi connectivity index (χ1v) is 7.35. The van der Waals surface area contributed by atoms with E-state index in [0.717, 1.165) is 25.7 Å². The van der Waals surface area contributed by atoms with Crippen molar-refractivity contribution in [2.45, 2.75) is 25.7 Å². The fourth-order valence-electron chi connectivity index (χ4n) is 2.67. The molecular weight excluding hydrogens is 278 g/mol. The van der Waals surface area contributed by atoms with E-state index >= 15 is 0 Å². The summed E-state index contributed by atoms with van der Waals surface area (Å²) in [6, 6.07) is 4.61. The second-order valence-electron chi connectivity index (χ2n) is 5.41. The Morgan fingerprint density at radius 2 is 2.15 bits per heavy atom. The average Bonchev–Trinajstić information content (AvgIpc) is 2.95. The van der Waals surface area contributed by atoms with Crippen molar-refractivity contribution in [3.63, 3.8) is 0 Å². The predicted molar refractivity (Wildman–Crippen MR) is 78.6 cm³/mol. The zero-order valence-corrected chi connectivity index (χ0v) is 12.4. The molecule has 2 N–H and O–H groups in total. The van der Waals surface area contributed by atoms with Crippen LogP contribution in [0.1, 0.15) is 36.0 Å². The lowest BCUT2D eigenvalue weighted by Gasteiger charge is -2.26. The number of benzene rings is 1. The third-order valence-corrected chi connectivity index (χ3v) is 4.59. The summed E-state index contributed by atoms with van der Waals surface area (Å²) in [5.41, 5.74) is 0.234. The number of aromatic hydroxyl groups is 1.